The van der Waals surface area contributed by atoms with Crippen molar-refractivity contribution < 1.29 is 5.11 Å². The van der Waals surface area contributed by atoms with Crippen LogP contribution in [0.1, 0.15) is 72.1 Å². The Balaban J connectivity index is 2.33. The lowest BCUT2D eigenvalue weighted by molar-refractivity contribution is -0.177. The number of nitrogens with two attached hydrogens (primary N) is 1. The molecule has 0 spiro atoms. The van der Waals surface area contributed by atoms with Crippen molar-refractivity contribution in [1.82, 2.24) is 0 Å². The third-order valence-corrected chi connectivity index (χ3v) is 6.17. The second-order valence-corrected chi connectivity index (χ2v) is 7.71. The van der Waals surface area contributed by atoms with Gasteiger partial charge < -0.3 is 10.8 Å². The van der Waals surface area contributed by atoms with Crippen molar-refractivity contribution in [2.24, 2.45) is 28.9 Å². The van der Waals surface area contributed by atoms with Crippen molar-refractivity contribution in [2.45, 2.75) is 77.7 Å². The predicted molar refractivity (Wildman–Crippen MR) is 80.9 cm³/mol. The average molecular weight is 267 g/mol. The predicted octanol–water partition coefficient (Wildman–Crippen LogP) is 3.72. The lowest BCUT2D eigenvalue weighted by Gasteiger charge is -2.57. The third kappa shape index (κ3) is 2.58. The fourth-order valence-corrected chi connectivity index (χ4v) is 5.02. The molecule has 2 rings (SSSR count). The SMILES string of the molecule is CC1CCC(C(C)C)C(O)(C2(CN)CCCCC2)C1. The van der Waals surface area contributed by atoms with E-state index >= 15 is 0 Å². The molecule has 0 amide bonds. The number of hydrogen-bond acceptors (Lipinski definition) is 2. The van der Waals surface area contributed by atoms with E-state index in [1.54, 1.807) is 0 Å². The zero-order chi connectivity index (χ0) is 14.1. The Hall–Kier alpha value is -0.0800. The summed E-state index contributed by atoms with van der Waals surface area (Å²) in [6.07, 6.45) is 9.50. The highest BCUT2D eigenvalue weighted by atomic mass is 16.3. The Morgan fingerprint density at radius 3 is 2.32 bits per heavy atom. The van der Waals surface area contributed by atoms with Crippen LogP contribution in [0.4, 0.5) is 0 Å². The Labute approximate surface area is 119 Å². The summed E-state index contributed by atoms with van der Waals surface area (Å²) < 4.78 is 0. The van der Waals surface area contributed by atoms with E-state index in [4.69, 9.17) is 5.73 Å². The van der Waals surface area contributed by atoms with E-state index in [1.807, 2.05) is 0 Å². The molecule has 0 heterocycles. The van der Waals surface area contributed by atoms with Gasteiger partial charge in [-0.25, -0.2) is 0 Å². The highest BCUT2D eigenvalue weighted by molar-refractivity contribution is 5.07. The first-order valence-corrected chi connectivity index (χ1v) is 8.37. The van der Waals surface area contributed by atoms with Crippen molar-refractivity contribution >= 4 is 0 Å². The molecule has 0 radical (unpaired) electrons. The number of hydrogen-bond donors (Lipinski definition) is 2. The van der Waals surface area contributed by atoms with Crippen molar-refractivity contribution in [3.05, 3.63) is 0 Å². The monoisotopic (exact) mass is 267 g/mol. The minimum Gasteiger partial charge on any atom is -0.389 e. The van der Waals surface area contributed by atoms with Gasteiger partial charge in [0, 0.05) is 12.0 Å². The molecule has 2 fully saturated rings. The van der Waals surface area contributed by atoms with E-state index in [9.17, 15) is 5.11 Å². The van der Waals surface area contributed by atoms with Crippen LogP contribution in [0.25, 0.3) is 0 Å². The highest BCUT2D eigenvalue weighted by Gasteiger charge is 2.56. The van der Waals surface area contributed by atoms with Crippen molar-refractivity contribution in [3.63, 3.8) is 0 Å². The molecule has 0 aromatic carbocycles. The zero-order valence-electron chi connectivity index (χ0n) is 13.1. The highest BCUT2D eigenvalue weighted by Crippen LogP contribution is 2.55. The van der Waals surface area contributed by atoms with Crippen LogP contribution in [0.5, 0.6) is 0 Å². The van der Waals surface area contributed by atoms with Gasteiger partial charge in [0.25, 0.3) is 0 Å². The van der Waals surface area contributed by atoms with Crippen LogP contribution < -0.4 is 5.73 Å². The largest absolute Gasteiger partial charge is 0.389 e. The summed E-state index contributed by atoms with van der Waals surface area (Å²) >= 11 is 0. The first kappa shape index (κ1) is 15.3. The van der Waals surface area contributed by atoms with Gasteiger partial charge >= 0.3 is 0 Å². The summed E-state index contributed by atoms with van der Waals surface area (Å²) in [5.41, 5.74) is 5.68. The lowest BCUT2D eigenvalue weighted by Crippen LogP contribution is -2.61. The minimum atomic E-state index is -0.520. The number of aliphatic hydroxyl groups is 1. The van der Waals surface area contributed by atoms with E-state index < -0.39 is 5.60 Å². The molecule has 2 nitrogen and oxygen atoms in total. The maximum Gasteiger partial charge on any atom is 0.0748 e. The Morgan fingerprint density at radius 1 is 1.16 bits per heavy atom. The fourth-order valence-electron chi connectivity index (χ4n) is 5.02. The van der Waals surface area contributed by atoms with Gasteiger partial charge in [0.15, 0.2) is 0 Å². The van der Waals surface area contributed by atoms with E-state index in [2.05, 4.69) is 20.8 Å². The minimum absolute atomic E-state index is 0.00509. The maximum atomic E-state index is 11.7. The molecule has 2 saturated carbocycles. The van der Waals surface area contributed by atoms with Crippen LogP contribution in [-0.2, 0) is 0 Å². The van der Waals surface area contributed by atoms with E-state index in [0.717, 1.165) is 19.3 Å². The van der Waals surface area contributed by atoms with Crippen LogP contribution in [0.15, 0.2) is 0 Å². The van der Waals surface area contributed by atoms with Crippen LogP contribution in [-0.4, -0.2) is 17.3 Å². The van der Waals surface area contributed by atoms with Gasteiger partial charge in [-0.1, -0.05) is 46.5 Å². The molecule has 0 aliphatic heterocycles. The Kier molecular flexibility index (Phi) is 4.62. The van der Waals surface area contributed by atoms with Gasteiger partial charge in [-0.15, -0.1) is 0 Å². The Morgan fingerprint density at radius 2 is 1.79 bits per heavy atom. The number of rotatable bonds is 3. The molecule has 112 valence electrons. The first-order chi connectivity index (χ1) is 8.95. The third-order valence-electron chi connectivity index (χ3n) is 6.17. The topological polar surface area (TPSA) is 46.2 Å². The zero-order valence-corrected chi connectivity index (χ0v) is 13.1. The molecule has 3 atom stereocenters. The summed E-state index contributed by atoms with van der Waals surface area (Å²) in [7, 11) is 0. The normalized spacial score (nSPS) is 39.5. The van der Waals surface area contributed by atoms with Crippen molar-refractivity contribution in [1.29, 1.82) is 0 Å². The summed E-state index contributed by atoms with van der Waals surface area (Å²) in [5.74, 6) is 1.64. The molecule has 0 saturated heterocycles. The summed E-state index contributed by atoms with van der Waals surface area (Å²) in [6, 6.07) is 0. The van der Waals surface area contributed by atoms with Gasteiger partial charge in [0.2, 0.25) is 0 Å². The molecule has 0 bridgehead atoms. The van der Waals surface area contributed by atoms with Crippen LogP contribution >= 0.6 is 0 Å². The summed E-state index contributed by atoms with van der Waals surface area (Å²) in [4.78, 5) is 0. The van der Waals surface area contributed by atoms with Gasteiger partial charge in [-0.05, 0) is 43.4 Å². The molecular formula is C17H33NO. The molecule has 2 aliphatic carbocycles. The van der Waals surface area contributed by atoms with E-state index in [-0.39, 0.29) is 5.41 Å². The molecule has 2 heteroatoms. The molecule has 3 unspecified atom stereocenters. The molecule has 3 N–H and O–H groups in total. The molecule has 19 heavy (non-hydrogen) atoms. The second kappa shape index (κ2) is 5.73. The molecular weight excluding hydrogens is 234 g/mol. The Bertz CT molecular complexity index is 296. The van der Waals surface area contributed by atoms with Crippen molar-refractivity contribution in [2.75, 3.05) is 6.54 Å². The van der Waals surface area contributed by atoms with Gasteiger partial charge in [-0.2, -0.15) is 0 Å². The average Bonchev–Trinajstić information content (AvgIpc) is 2.38. The summed E-state index contributed by atoms with van der Waals surface area (Å²) in [6.45, 7) is 7.52. The second-order valence-electron chi connectivity index (χ2n) is 7.71. The molecule has 0 aromatic rings. The fraction of sp³-hybridized carbons (Fsp3) is 1.00. The van der Waals surface area contributed by atoms with Gasteiger partial charge in [-0.3, -0.25) is 0 Å². The standard InChI is InChI=1S/C17H33NO/c1-13(2)15-8-7-14(3)11-17(15,19)16(12-18)9-5-4-6-10-16/h13-15,19H,4-12,18H2,1-3H3. The van der Waals surface area contributed by atoms with Crippen molar-refractivity contribution in [3.8, 4) is 0 Å². The van der Waals surface area contributed by atoms with E-state index in [1.165, 1.54) is 32.1 Å². The van der Waals surface area contributed by atoms with Crippen LogP contribution in [0.2, 0.25) is 0 Å². The quantitative estimate of drug-likeness (QED) is 0.818. The summed E-state index contributed by atoms with van der Waals surface area (Å²) in [5, 5.41) is 11.7. The first-order valence-electron chi connectivity index (χ1n) is 8.37. The molecule has 0 aromatic heterocycles. The van der Waals surface area contributed by atoms with Crippen LogP contribution in [0.3, 0.4) is 0 Å². The maximum absolute atomic E-state index is 11.7. The van der Waals surface area contributed by atoms with E-state index in [0.29, 0.717) is 24.3 Å². The molecule has 2 aliphatic rings. The van der Waals surface area contributed by atoms with Gasteiger partial charge in [0.1, 0.15) is 0 Å². The van der Waals surface area contributed by atoms with Gasteiger partial charge in [0.05, 0.1) is 5.60 Å². The lowest BCUT2D eigenvalue weighted by atomic mass is 9.52. The van der Waals surface area contributed by atoms with Crippen LogP contribution in [0, 0.1) is 23.2 Å². The smallest absolute Gasteiger partial charge is 0.0748 e.